The maximum Gasteiger partial charge on any atom is 0.319 e. The van der Waals surface area contributed by atoms with Gasteiger partial charge in [-0.05, 0) is 25.8 Å². The SMILES string of the molecule is Cc1c(NC(=O)NC(C)C(C)CO)cccc1[N+](=O)[O-]. The first-order chi connectivity index (χ1) is 9.36. The number of aliphatic hydroxyl groups is 1. The number of amides is 2. The number of rotatable bonds is 5. The minimum absolute atomic E-state index is 0.0305. The molecule has 2 amide bonds. The van der Waals surface area contributed by atoms with Gasteiger partial charge >= 0.3 is 6.03 Å². The minimum Gasteiger partial charge on any atom is -0.396 e. The van der Waals surface area contributed by atoms with Gasteiger partial charge in [0.2, 0.25) is 0 Å². The molecule has 1 rings (SSSR count). The molecule has 2 atom stereocenters. The van der Waals surface area contributed by atoms with Crippen LogP contribution in [0.5, 0.6) is 0 Å². The number of benzene rings is 1. The third-order valence-corrected chi connectivity index (χ3v) is 3.25. The molecule has 0 radical (unpaired) electrons. The topological polar surface area (TPSA) is 104 Å². The summed E-state index contributed by atoms with van der Waals surface area (Å²) in [6.45, 7) is 5.13. The van der Waals surface area contributed by atoms with Crippen LogP contribution in [-0.2, 0) is 0 Å². The second kappa shape index (κ2) is 6.85. The van der Waals surface area contributed by atoms with Gasteiger partial charge in [-0.25, -0.2) is 4.79 Å². The number of urea groups is 1. The highest BCUT2D eigenvalue weighted by atomic mass is 16.6. The molecule has 7 nitrogen and oxygen atoms in total. The Morgan fingerprint density at radius 2 is 2.10 bits per heavy atom. The molecule has 0 fully saturated rings. The van der Waals surface area contributed by atoms with Crippen LogP contribution in [0.25, 0.3) is 0 Å². The van der Waals surface area contributed by atoms with Crippen LogP contribution in [0.3, 0.4) is 0 Å². The van der Waals surface area contributed by atoms with E-state index in [9.17, 15) is 14.9 Å². The zero-order valence-corrected chi connectivity index (χ0v) is 11.7. The average molecular weight is 281 g/mol. The Hall–Kier alpha value is -2.15. The Bertz CT molecular complexity index is 504. The van der Waals surface area contributed by atoms with E-state index in [2.05, 4.69) is 10.6 Å². The van der Waals surface area contributed by atoms with E-state index in [0.29, 0.717) is 11.3 Å². The van der Waals surface area contributed by atoms with E-state index in [1.165, 1.54) is 12.1 Å². The zero-order valence-electron chi connectivity index (χ0n) is 11.7. The fourth-order valence-corrected chi connectivity index (χ4v) is 1.62. The molecule has 0 aliphatic heterocycles. The molecule has 0 saturated heterocycles. The number of anilines is 1. The lowest BCUT2D eigenvalue weighted by molar-refractivity contribution is -0.385. The first kappa shape index (κ1) is 15.9. The van der Waals surface area contributed by atoms with E-state index in [-0.39, 0.29) is 24.3 Å². The van der Waals surface area contributed by atoms with E-state index in [1.807, 2.05) is 6.92 Å². The van der Waals surface area contributed by atoms with Crippen molar-refractivity contribution in [1.29, 1.82) is 0 Å². The average Bonchev–Trinajstić information content (AvgIpc) is 2.39. The van der Waals surface area contributed by atoms with Crippen LogP contribution >= 0.6 is 0 Å². The lowest BCUT2D eigenvalue weighted by atomic mass is 10.1. The molecule has 1 aromatic carbocycles. The maximum absolute atomic E-state index is 11.8. The standard InChI is InChI=1S/C13H19N3O4/c1-8(7-17)10(3)14-13(18)15-11-5-4-6-12(9(11)2)16(19)20/h4-6,8,10,17H,7H2,1-3H3,(H2,14,15,18). The van der Waals surface area contributed by atoms with Crippen molar-refractivity contribution in [2.24, 2.45) is 5.92 Å². The van der Waals surface area contributed by atoms with Gasteiger partial charge in [0.1, 0.15) is 0 Å². The number of carbonyl (C=O) groups is 1. The molecule has 2 unspecified atom stereocenters. The lowest BCUT2D eigenvalue weighted by Gasteiger charge is -2.19. The molecular formula is C13H19N3O4. The summed E-state index contributed by atoms with van der Waals surface area (Å²) in [5.41, 5.74) is 0.746. The van der Waals surface area contributed by atoms with Gasteiger partial charge < -0.3 is 15.7 Å². The van der Waals surface area contributed by atoms with Crippen LogP contribution in [0.1, 0.15) is 19.4 Å². The molecule has 110 valence electrons. The van der Waals surface area contributed by atoms with Crippen molar-refractivity contribution in [3.8, 4) is 0 Å². The summed E-state index contributed by atoms with van der Waals surface area (Å²) >= 11 is 0. The normalized spacial score (nSPS) is 13.4. The van der Waals surface area contributed by atoms with E-state index in [1.54, 1.807) is 19.9 Å². The fraction of sp³-hybridized carbons (Fsp3) is 0.462. The highest BCUT2D eigenvalue weighted by Crippen LogP contribution is 2.24. The van der Waals surface area contributed by atoms with Crippen molar-refractivity contribution in [2.75, 3.05) is 11.9 Å². The maximum atomic E-state index is 11.8. The number of hydrogen-bond donors (Lipinski definition) is 3. The molecule has 0 heterocycles. The number of aliphatic hydroxyl groups excluding tert-OH is 1. The largest absolute Gasteiger partial charge is 0.396 e. The third-order valence-electron chi connectivity index (χ3n) is 3.25. The van der Waals surface area contributed by atoms with Crippen molar-refractivity contribution in [3.63, 3.8) is 0 Å². The Kier molecular flexibility index (Phi) is 5.45. The molecule has 0 aliphatic carbocycles. The molecular weight excluding hydrogens is 262 g/mol. The van der Waals surface area contributed by atoms with Gasteiger partial charge in [-0.3, -0.25) is 10.1 Å². The summed E-state index contributed by atoms with van der Waals surface area (Å²) in [5.74, 6) is -0.0769. The summed E-state index contributed by atoms with van der Waals surface area (Å²) < 4.78 is 0. The van der Waals surface area contributed by atoms with Crippen molar-refractivity contribution in [3.05, 3.63) is 33.9 Å². The molecule has 0 spiro atoms. The van der Waals surface area contributed by atoms with Gasteiger partial charge in [-0.2, -0.15) is 0 Å². The quantitative estimate of drug-likeness (QED) is 0.567. The Balaban J connectivity index is 2.76. The molecule has 1 aromatic rings. The molecule has 3 N–H and O–H groups in total. The highest BCUT2D eigenvalue weighted by Gasteiger charge is 2.17. The van der Waals surface area contributed by atoms with Gasteiger partial charge in [-0.15, -0.1) is 0 Å². The summed E-state index contributed by atoms with van der Waals surface area (Å²) in [5, 5.41) is 25.1. The van der Waals surface area contributed by atoms with Gasteiger partial charge in [0.25, 0.3) is 5.69 Å². The van der Waals surface area contributed by atoms with Gasteiger partial charge in [0, 0.05) is 18.7 Å². The highest BCUT2D eigenvalue weighted by molar-refractivity contribution is 5.90. The van der Waals surface area contributed by atoms with Crippen molar-refractivity contribution in [2.45, 2.75) is 26.8 Å². The summed E-state index contributed by atoms with van der Waals surface area (Å²) in [7, 11) is 0. The first-order valence-corrected chi connectivity index (χ1v) is 6.29. The minimum atomic E-state index is -0.491. The van der Waals surface area contributed by atoms with Crippen LogP contribution in [0.15, 0.2) is 18.2 Å². The number of nitrogens with zero attached hydrogens (tertiary/aromatic N) is 1. The van der Waals surface area contributed by atoms with E-state index in [0.717, 1.165) is 0 Å². The van der Waals surface area contributed by atoms with Crippen LogP contribution in [0.4, 0.5) is 16.2 Å². The van der Waals surface area contributed by atoms with Gasteiger partial charge in [-0.1, -0.05) is 13.0 Å². The van der Waals surface area contributed by atoms with Gasteiger partial charge in [0.15, 0.2) is 0 Å². The smallest absolute Gasteiger partial charge is 0.319 e. The van der Waals surface area contributed by atoms with Crippen molar-refractivity contribution >= 4 is 17.4 Å². The molecule has 0 saturated carbocycles. The van der Waals surface area contributed by atoms with Crippen molar-refractivity contribution in [1.82, 2.24) is 5.32 Å². The number of carbonyl (C=O) groups excluding carboxylic acids is 1. The summed E-state index contributed by atoms with van der Waals surface area (Å²) in [6.07, 6.45) is 0. The summed E-state index contributed by atoms with van der Waals surface area (Å²) in [6, 6.07) is 3.83. The van der Waals surface area contributed by atoms with Crippen LogP contribution in [0.2, 0.25) is 0 Å². The molecule has 0 aromatic heterocycles. The summed E-state index contributed by atoms with van der Waals surface area (Å²) in [4.78, 5) is 22.1. The van der Waals surface area contributed by atoms with E-state index >= 15 is 0 Å². The van der Waals surface area contributed by atoms with E-state index < -0.39 is 11.0 Å². The van der Waals surface area contributed by atoms with E-state index in [4.69, 9.17) is 5.11 Å². The molecule has 0 bridgehead atoms. The number of hydrogen-bond acceptors (Lipinski definition) is 4. The fourth-order valence-electron chi connectivity index (χ4n) is 1.62. The molecule has 0 aliphatic rings. The first-order valence-electron chi connectivity index (χ1n) is 6.29. The van der Waals surface area contributed by atoms with Crippen LogP contribution in [-0.4, -0.2) is 28.7 Å². The Morgan fingerprint density at radius 3 is 2.65 bits per heavy atom. The van der Waals surface area contributed by atoms with Crippen LogP contribution < -0.4 is 10.6 Å². The monoisotopic (exact) mass is 281 g/mol. The number of nitrogens with one attached hydrogen (secondary N) is 2. The van der Waals surface area contributed by atoms with Gasteiger partial charge in [0.05, 0.1) is 16.2 Å². The Morgan fingerprint density at radius 1 is 1.45 bits per heavy atom. The second-order valence-electron chi connectivity index (χ2n) is 4.75. The second-order valence-corrected chi connectivity index (χ2v) is 4.75. The molecule has 20 heavy (non-hydrogen) atoms. The van der Waals surface area contributed by atoms with Crippen LogP contribution in [0, 0.1) is 23.0 Å². The number of nitro groups is 1. The third kappa shape index (κ3) is 3.92. The zero-order chi connectivity index (χ0) is 15.3. The predicted octanol–water partition coefficient (Wildman–Crippen LogP) is 2.04. The molecule has 7 heteroatoms. The number of nitro benzene ring substituents is 1. The predicted molar refractivity (Wildman–Crippen MR) is 75.7 cm³/mol. The van der Waals surface area contributed by atoms with Crippen molar-refractivity contribution < 1.29 is 14.8 Å². The Labute approximate surface area is 117 Å². The lowest BCUT2D eigenvalue weighted by Crippen LogP contribution is -2.40.